The van der Waals surface area contributed by atoms with E-state index in [2.05, 4.69) is 5.32 Å². The number of nitrogens with two attached hydrogens (primary N) is 1. The van der Waals surface area contributed by atoms with Crippen LogP contribution in [0.1, 0.15) is 24.0 Å². The van der Waals surface area contributed by atoms with E-state index in [1.165, 1.54) is 0 Å². The number of nitrogens with one attached hydrogen (secondary N) is 1. The van der Waals surface area contributed by atoms with E-state index in [9.17, 15) is 9.59 Å². The third-order valence-corrected chi connectivity index (χ3v) is 3.71. The molecule has 0 heterocycles. The summed E-state index contributed by atoms with van der Waals surface area (Å²) in [7, 11) is 0. The van der Waals surface area contributed by atoms with Crippen molar-refractivity contribution in [2.45, 2.75) is 32.1 Å². The summed E-state index contributed by atoms with van der Waals surface area (Å²) in [5.74, 6) is -0.501. The maximum atomic E-state index is 12.3. The van der Waals surface area contributed by atoms with E-state index in [4.69, 9.17) is 15.2 Å². The Kier molecular flexibility index (Phi) is 8.15. The number of hydrogen-bond donors (Lipinski definition) is 2. The van der Waals surface area contributed by atoms with Crippen LogP contribution in [0.5, 0.6) is 0 Å². The Morgan fingerprint density at radius 3 is 1.96 bits per heavy atom. The predicted octanol–water partition coefficient (Wildman–Crippen LogP) is 2.76. The molecule has 2 aromatic rings. The van der Waals surface area contributed by atoms with Gasteiger partial charge in [0.25, 0.3) is 0 Å². The standard InChI is InChI=1S/C20H24N2O4/c21-13-7-12-18(19(23)25-14-16-8-3-1-4-9-16)22-20(24)26-15-17-10-5-2-6-11-17/h1-6,8-11,18H,7,12-15,21H2,(H,22,24)/t18-/m0/s1. The Morgan fingerprint density at radius 1 is 0.885 bits per heavy atom. The molecule has 0 saturated carbocycles. The summed E-state index contributed by atoms with van der Waals surface area (Å²) in [5, 5.41) is 2.57. The van der Waals surface area contributed by atoms with Crippen LogP contribution in [0.4, 0.5) is 4.79 Å². The average molecular weight is 356 g/mol. The van der Waals surface area contributed by atoms with E-state index < -0.39 is 18.1 Å². The molecule has 2 rings (SSSR count). The van der Waals surface area contributed by atoms with Crippen molar-refractivity contribution in [3.63, 3.8) is 0 Å². The van der Waals surface area contributed by atoms with Gasteiger partial charge >= 0.3 is 12.1 Å². The number of carbonyl (C=O) groups is 2. The van der Waals surface area contributed by atoms with E-state index in [-0.39, 0.29) is 13.2 Å². The van der Waals surface area contributed by atoms with E-state index in [0.717, 1.165) is 11.1 Å². The Balaban J connectivity index is 1.84. The maximum absolute atomic E-state index is 12.3. The molecule has 138 valence electrons. The number of carbonyl (C=O) groups excluding carboxylic acids is 2. The van der Waals surface area contributed by atoms with Gasteiger partial charge in [0.05, 0.1) is 0 Å². The quantitative estimate of drug-likeness (QED) is 0.674. The van der Waals surface area contributed by atoms with Crippen LogP contribution < -0.4 is 11.1 Å². The van der Waals surface area contributed by atoms with Crippen LogP contribution in [0.15, 0.2) is 60.7 Å². The van der Waals surface area contributed by atoms with E-state index >= 15 is 0 Å². The zero-order valence-corrected chi connectivity index (χ0v) is 14.6. The predicted molar refractivity (Wildman–Crippen MR) is 98.1 cm³/mol. The minimum Gasteiger partial charge on any atom is -0.459 e. The van der Waals surface area contributed by atoms with Crippen molar-refractivity contribution in [2.75, 3.05) is 6.54 Å². The summed E-state index contributed by atoms with van der Waals surface area (Å²) >= 11 is 0. The third kappa shape index (κ3) is 6.94. The normalized spacial score (nSPS) is 11.4. The van der Waals surface area contributed by atoms with Gasteiger partial charge in [-0.05, 0) is 30.5 Å². The summed E-state index contributed by atoms with van der Waals surface area (Å²) in [6.07, 6.45) is 0.321. The molecule has 0 fully saturated rings. The number of amides is 1. The fourth-order valence-electron chi connectivity index (χ4n) is 2.31. The molecule has 6 heteroatoms. The van der Waals surface area contributed by atoms with Crippen molar-refractivity contribution in [1.29, 1.82) is 0 Å². The second-order valence-corrected chi connectivity index (χ2v) is 5.78. The van der Waals surface area contributed by atoms with Crippen molar-refractivity contribution in [3.8, 4) is 0 Å². The summed E-state index contributed by atoms with van der Waals surface area (Å²) in [4.78, 5) is 24.3. The monoisotopic (exact) mass is 356 g/mol. The van der Waals surface area contributed by atoms with Gasteiger partial charge in [0.15, 0.2) is 0 Å². The molecule has 0 aliphatic carbocycles. The first-order chi connectivity index (χ1) is 12.7. The Bertz CT molecular complexity index is 677. The molecule has 0 spiro atoms. The van der Waals surface area contributed by atoms with Crippen molar-refractivity contribution in [3.05, 3.63) is 71.8 Å². The summed E-state index contributed by atoms with van der Waals surface area (Å²) in [6.45, 7) is 0.706. The third-order valence-electron chi connectivity index (χ3n) is 3.71. The van der Waals surface area contributed by atoms with E-state index in [0.29, 0.717) is 19.4 Å². The van der Waals surface area contributed by atoms with Gasteiger partial charge in [-0.3, -0.25) is 0 Å². The molecule has 0 aliphatic heterocycles. The lowest BCUT2D eigenvalue weighted by Gasteiger charge is -2.17. The van der Waals surface area contributed by atoms with Gasteiger partial charge in [-0.2, -0.15) is 0 Å². The lowest BCUT2D eigenvalue weighted by Crippen LogP contribution is -2.42. The highest BCUT2D eigenvalue weighted by atomic mass is 16.6. The fourth-order valence-corrected chi connectivity index (χ4v) is 2.31. The SMILES string of the molecule is NCCC[C@H](NC(=O)OCc1ccccc1)C(=O)OCc1ccccc1. The minimum atomic E-state index is -0.787. The second kappa shape index (κ2) is 10.9. The number of ether oxygens (including phenoxy) is 2. The number of alkyl carbamates (subject to hydrolysis) is 1. The summed E-state index contributed by atoms with van der Waals surface area (Å²) < 4.78 is 10.5. The van der Waals surface area contributed by atoms with Crippen molar-refractivity contribution in [1.82, 2.24) is 5.32 Å². The molecule has 3 N–H and O–H groups in total. The highest BCUT2D eigenvalue weighted by Crippen LogP contribution is 2.06. The van der Waals surface area contributed by atoms with Crippen LogP contribution in [0.2, 0.25) is 0 Å². The lowest BCUT2D eigenvalue weighted by molar-refractivity contribution is -0.147. The van der Waals surface area contributed by atoms with Crippen molar-refractivity contribution < 1.29 is 19.1 Å². The molecule has 1 amide bonds. The average Bonchev–Trinajstić information content (AvgIpc) is 2.69. The molecule has 0 unspecified atom stereocenters. The fraction of sp³-hybridized carbons (Fsp3) is 0.300. The molecule has 2 aromatic carbocycles. The van der Waals surface area contributed by atoms with Gasteiger partial charge in [-0.1, -0.05) is 60.7 Å². The van der Waals surface area contributed by atoms with Gasteiger partial charge in [0.2, 0.25) is 0 Å². The molecule has 0 saturated heterocycles. The lowest BCUT2D eigenvalue weighted by atomic mass is 10.1. The molecule has 0 bridgehead atoms. The molecule has 0 aromatic heterocycles. The molecule has 0 aliphatic rings. The van der Waals surface area contributed by atoms with Gasteiger partial charge in [-0.25, -0.2) is 9.59 Å². The van der Waals surface area contributed by atoms with Gasteiger partial charge in [0, 0.05) is 0 Å². The number of hydrogen-bond acceptors (Lipinski definition) is 5. The maximum Gasteiger partial charge on any atom is 0.408 e. The molecular formula is C20H24N2O4. The molecule has 26 heavy (non-hydrogen) atoms. The first kappa shape index (κ1) is 19.5. The second-order valence-electron chi connectivity index (χ2n) is 5.78. The van der Waals surface area contributed by atoms with Crippen LogP contribution >= 0.6 is 0 Å². The number of benzene rings is 2. The van der Waals surface area contributed by atoms with Gasteiger partial charge < -0.3 is 20.5 Å². The molecule has 1 atom stereocenters. The first-order valence-corrected chi connectivity index (χ1v) is 8.57. The Morgan fingerprint density at radius 2 is 1.42 bits per heavy atom. The Hall–Kier alpha value is -2.86. The highest BCUT2D eigenvalue weighted by molar-refractivity contribution is 5.81. The van der Waals surface area contributed by atoms with E-state index in [1.807, 2.05) is 60.7 Å². The van der Waals surface area contributed by atoms with Crippen LogP contribution in [0.25, 0.3) is 0 Å². The minimum absolute atomic E-state index is 0.134. The Labute approximate surface area is 153 Å². The highest BCUT2D eigenvalue weighted by Gasteiger charge is 2.22. The van der Waals surface area contributed by atoms with Gasteiger partial charge in [0.1, 0.15) is 19.3 Å². The topological polar surface area (TPSA) is 90.6 Å². The number of rotatable bonds is 9. The zero-order valence-electron chi connectivity index (χ0n) is 14.6. The molecular weight excluding hydrogens is 332 g/mol. The largest absolute Gasteiger partial charge is 0.459 e. The van der Waals surface area contributed by atoms with Crippen LogP contribution in [-0.4, -0.2) is 24.6 Å². The van der Waals surface area contributed by atoms with Crippen LogP contribution in [0.3, 0.4) is 0 Å². The van der Waals surface area contributed by atoms with E-state index in [1.54, 1.807) is 0 Å². The molecule has 0 radical (unpaired) electrons. The van der Waals surface area contributed by atoms with Crippen LogP contribution in [-0.2, 0) is 27.5 Å². The molecule has 6 nitrogen and oxygen atoms in total. The van der Waals surface area contributed by atoms with Crippen molar-refractivity contribution >= 4 is 12.1 Å². The number of esters is 1. The summed E-state index contributed by atoms with van der Waals surface area (Å²) in [5.41, 5.74) is 7.26. The van der Waals surface area contributed by atoms with Crippen LogP contribution in [0, 0.1) is 0 Å². The zero-order chi connectivity index (χ0) is 18.6. The van der Waals surface area contributed by atoms with Gasteiger partial charge in [-0.15, -0.1) is 0 Å². The first-order valence-electron chi connectivity index (χ1n) is 8.57. The smallest absolute Gasteiger partial charge is 0.408 e. The summed E-state index contributed by atoms with van der Waals surface area (Å²) in [6, 6.07) is 17.9. The van der Waals surface area contributed by atoms with Crippen molar-refractivity contribution in [2.24, 2.45) is 5.73 Å².